The van der Waals surface area contributed by atoms with Crippen molar-refractivity contribution >= 4 is 5.91 Å². The number of benzene rings is 1. The van der Waals surface area contributed by atoms with Crippen LogP contribution in [0.1, 0.15) is 31.2 Å². The Bertz CT molecular complexity index is 559. The monoisotopic (exact) mass is 337 g/mol. The van der Waals surface area contributed by atoms with Crippen molar-refractivity contribution in [1.29, 1.82) is 0 Å². The zero-order chi connectivity index (χ0) is 17.0. The number of carbonyl (C=O) groups is 1. The molecule has 0 bridgehead atoms. The molecule has 2 saturated heterocycles. The van der Waals surface area contributed by atoms with Gasteiger partial charge in [-0.1, -0.05) is 12.1 Å². The molecule has 0 saturated carbocycles. The van der Waals surface area contributed by atoms with Gasteiger partial charge in [0.05, 0.1) is 25.7 Å². The molecule has 0 spiro atoms. The van der Waals surface area contributed by atoms with Gasteiger partial charge < -0.3 is 19.5 Å². The summed E-state index contributed by atoms with van der Waals surface area (Å²) in [6.07, 6.45) is 2.72. The minimum Gasteiger partial charge on any atom is -0.383 e. The maximum Gasteiger partial charge on any atom is 0.225 e. The Morgan fingerprint density at radius 1 is 1.33 bits per heavy atom. The number of hydrogen-bond donors (Lipinski definition) is 1. The van der Waals surface area contributed by atoms with Gasteiger partial charge in [-0.25, -0.2) is 4.39 Å². The first-order chi connectivity index (χ1) is 11.6. The van der Waals surface area contributed by atoms with Crippen LogP contribution in [-0.4, -0.2) is 54.9 Å². The van der Waals surface area contributed by atoms with Crippen molar-refractivity contribution in [2.75, 3.05) is 32.9 Å². The maximum absolute atomic E-state index is 13.0. The number of rotatable bonds is 5. The Balaban J connectivity index is 1.47. The minimum absolute atomic E-state index is 0.0138. The third-order valence-electron chi connectivity index (χ3n) is 4.82. The van der Waals surface area contributed by atoms with Gasteiger partial charge in [-0.3, -0.25) is 4.79 Å². The topological polar surface area (TPSA) is 59.0 Å². The van der Waals surface area contributed by atoms with Gasteiger partial charge in [0.2, 0.25) is 5.91 Å². The molecule has 3 rings (SSSR count). The van der Waals surface area contributed by atoms with Crippen molar-refractivity contribution in [1.82, 2.24) is 4.90 Å². The standard InChI is InChI=1S/C18H24FNO4/c19-15-3-1-14(2-4-15)18(22)8-9-20(13-18)17(21)7-12-24-16-5-10-23-11-6-16/h1-4,16,22H,5-13H2. The van der Waals surface area contributed by atoms with Crippen LogP contribution in [0, 0.1) is 5.82 Å². The number of likely N-dealkylation sites (tertiary alicyclic amines) is 1. The van der Waals surface area contributed by atoms with Crippen LogP contribution in [-0.2, 0) is 19.9 Å². The molecule has 1 unspecified atom stereocenters. The minimum atomic E-state index is -1.09. The normalized spacial score (nSPS) is 25.2. The highest BCUT2D eigenvalue weighted by atomic mass is 19.1. The first-order valence-electron chi connectivity index (χ1n) is 8.52. The van der Waals surface area contributed by atoms with Crippen LogP contribution in [0.25, 0.3) is 0 Å². The molecule has 1 N–H and O–H groups in total. The quantitative estimate of drug-likeness (QED) is 0.891. The molecule has 2 aliphatic heterocycles. The maximum atomic E-state index is 13.0. The predicted molar refractivity (Wildman–Crippen MR) is 85.9 cm³/mol. The summed E-state index contributed by atoms with van der Waals surface area (Å²) in [5.41, 5.74) is -0.442. The van der Waals surface area contributed by atoms with E-state index >= 15 is 0 Å². The van der Waals surface area contributed by atoms with Crippen LogP contribution in [0.2, 0.25) is 0 Å². The predicted octanol–water partition coefficient (Wildman–Crippen LogP) is 1.83. The van der Waals surface area contributed by atoms with Crippen LogP contribution < -0.4 is 0 Å². The zero-order valence-electron chi connectivity index (χ0n) is 13.7. The number of carbonyl (C=O) groups excluding carboxylic acids is 1. The smallest absolute Gasteiger partial charge is 0.225 e. The number of halogens is 1. The average Bonchev–Trinajstić information content (AvgIpc) is 3.00. The van der Waals surface area contributed by atoms with E-state index in [1.807, 2.05) is 0 Å². The molecule has 24 heavy (non-hydrogen) atoms. The Kier molecular flexibility index (Phi) is 5.48. The summed E-state index contributed by atoms with van der Waals surface area (Å²) in [6.45, 7) is 2.58. The lowest BCUT2D eigenvalue weighted by atomic mass is 9.93. The van der Waals surface area contributed by atoms with Gasteiger partial charge in [-0.15, -0.1) is 0 Å². The van der Waals surface area contributed by atoms with E-state index < -0.39 is 5.60 Å². The van der Waals surface area contributed by atoms with Crippen molar-refractivity contribution in [2.24, 2.45) is 0 Å². The van der Waals surface area contributed by atoms with Crippen LogP contribution in [0.5, 0.6) is 0 Å². The molecule has 0 aliphatic carbocycles. The van der Waals surface area contributed by atoms with Gasteiger partial charge in [0.1, 0.15) is 11.4 Å². The molecule has 2 heterocycles. The molecule has 5 nitrogen and oxygen atoms in total. The van der Waals surface area contributed by atoms with E-state index in [2.05, 4.69) is 0 Å². The van der Waals surface area contributed by atoms with E-state index in [-0.39, 0.29) is 24.4 Å². The first-order valence-corrected chi connectivity index (χ1v) is 8.52. The third kappa shape index (κ3) is 4.12. The van der Waals surface area contributed by atoms with E-state index in [9.17, 15) is 14.3 Å². The summed E-state index contributed by atoms with van der Waals surface area (Å²) in [4.78, 5) is 14.0. The molecule has 1 amide bonds. The Hall–Kier alpha value is -1.50. The van der Waals surface area contributed by atoms with Crippen LogP contribution in [0.15, 0.2) is 24.3 Å². The van der Waals surface area contributed by atoms with E-state index in [0.29, 0.717) is 31.6 Å². The molecular formula is C18H24FNO4. The second-order valence-corrected chi connectivity index (χ2v) is 6.54. The van der Waals surface area contributed by atoms with Gasteiger partial charge in [-0.05, 0) is 37.0 Å². The summed E-state index contributed by atoms with van der Waals surface area (Å²) < 4.78 is 24.0. The van der Waals surface area contributed by atoms with E-state index in [1.54, 1.807) is 17.0 Å². The lowest BCUT2D eigenvalue weighted by Gasteiger charge is -2.25. The summed E-state index contributed by atoms with van der Waals surface area (Å²) in [5.74, 6) is -0.348. The molecule has 1 aromatic rings. The Labute approximate surface area is 141 Å². The molecular weight excluding hydrogens is 313 g/mol. The van der Waals surface area contributed by atoms with Crippen molar-refractivity contribution in [3.8, 4) is 0 Å². The largest absolute Gasteiger partial charge is 0.383 e. The summed E-state index contributed by atoms with van der Waals surface area (Å²) in [5, 5.41) is 10.7. The fourth-order valence-electron chi connectivity index (χ4n) is 3.32. The highest BCUT2D eigenvalue weighted by molar-refractivity contribution is 5.76. The number of amides is 1. The van der Waals surface area contributed by atoms with Crippen molar-refractivity contribution in [3.63, 3.8) is 0 Å². The molecule has 0 radical (unpaired) electrons. The first kappa shape index (κ1) is 17.3. The lowest BCUT2D eigenvalue weighted by molar-refractivity contribution is -0.133. The molecule has 1 atom stereocenters. The van der Waals surface area contributed by atoms with Crippen molar-refractivity contribution < 1.29 is 23.8 Å². The highest BCUT2D eigenvalue weighted by Gasteiger charge is 2.39. The molecule has 132 valence electrons. The average molecular weight is 337 g/mol. The van der Waals surface area contributed by atoms with E-state index in [4.69, 9.17) is 9.47 Å². The number of aliphatic hydroxyl groups is 1. The summed E-state index contributed by atoms with van der Waals surface area (Å²) in [6, 6.07) is 5.83. The molecule has 2 fully saturated rings. The number of nitrogens with zero attached hydrogens (tertiary/aromatic N) is 1. The number of β-amino-alcohol motifs (C(OH)–C–C–N with tert-alkyl or cyclic N) is 1. The van der Waals surface area contributed by atoms with Gasteiger partial charge in [0.25, 0.3) is 0 Å². The van der Waals surface area contributed by atoms with Gasteiger partial charge in [0, 0.05) is 19.8 Å². The van der Waals surface area contributed by atoms with Crippen LogP contribution in [0.3, 0.4) is 0 Å². The Morgan fingerprint density at radius 3 is 2.75 bits per heavy atom. The van der Waals surface area contributed by atoms with Gasteiger partial charge >= 0.3 is 0 Å². The Morgan fingerprint density at radius 2 is 2.04 bits per heavy atom. The molecule has 0 aromatic heterocycles. The fourth-order valence-corrected chi connectivity index (χ4v) is 3.32. The van der Waals surface area contributed by atoms with Crippen molar-refractivity contribution in [2.45, 2.75) is 37.4 Å². The second-order valence-electron chi connectivity index (χ2n) is 6.54. The van der Waals surface area contributed by atoms with E-state index in [1.165, 1.54) is 12.1 Å². The summed E-state index contributed by atoms with van der Waals surface area (Å²) in [7, 11) is 0. The third-order valence-corrected chi connectivity index (χ3v) is 4.82. The summed E-state index contributed by atoms with van der Waals surface area (Å²) >= 11 is 0. The number of ether oxygens (including phenoxy) is 2. The molecule has 2 aliphatic rings. The molecule has 6 heteroatoms. The van der Waals surface area contributed by atoms with Crippen LogP contribution >= 0.6 is 0 Å². The SMILES string of the molecule is O=C(CCOC1CCOCC1)N1CCC(O)(c2ccc(F)cc2)C1. The second kappa shape index (κ2) is 7.59. The van der Waals surface area contributed by atoms with Crippen molar-refractivity contribution in [3.05, 3.63) is 35.6 Å². The zero-order valence-corrected chi connectivity index (χ0v) is 13.7. The highest BCUT2D eigenvalue weighted by Crippen LogP contribution is 2.32. The van der Waals surface area contributed by atoms with Gasteiger partial charge in [-0.2, -0.15) is 0 Å². The lowest BCUT2D eigenvalue weighted by Crippen LogP contribution is -2.35. The van der Waals surface area contributed by atoms with Crippen LogP contribution in [0.4, 0.5) is 4.39 Å². The van der Waals surface area contributed by atoms with Gasteiger partial charge in [0.15, 0.2) is 0 Å². The molecule has 1 aromatic carbocycles. The number of hydrogen-bond acceptors (Lipinski definition) is 4. The fraction of sp³-hybridized carbons (Fsp3) is 0.611. The van der Waals surface area contributed by atoms with E-state index in [0.717, 1.165) is 26.1 Å².